The molecule has 19 heavy (non-hydrogen) atoms. The van der Waals surface area contributed by atoms with Crippen molar-refractivity contribution in [2.45, 2.75) is 45.1 Å². The molecule has 1 aliphatic carbocycles. The summed E-state index contributed by atoms with van der Waals surface area (Å²) in [6.45, 7) is 2.71. The van der Waals surface area contributed by atoms with E-state index < -0.39 is 9.84 Å². The van der Waals surface area contributed by atoms with E-state index in [9.17, 15) is 13.2 Å². The maximum atomic E-state index is 12.6. The van der Waals surface area contributed by atoms with Gasteiger partial charge in [0.15, 0.2) is 9.84 Å². The first-order chi connectivity index (χ1) is 9.03. The Morgan fingerprint density at radius 3 is 2.63 bits per heavy atom. The molecule has 2 aliphatic rings. The van der Waals surface area contributed by atoms with Crippen molar-refractivity contribution in [2.24, 2.45) is 5.92 Å². The Morgan fingerprint density at radius 1 is 1.32 bits per heavy atom. The molecule has 5 heteroatoms. The standard InChI is InChI=1S/C14H23NO3S/c1-2-9-15(13-8-10-19(17,18)11-13)14(16)12-6-4-3-5-7-12/h3-4,12-13H,2,5-11H2,1H3/t12-,13-/m1/s1. The van der Waals surface area contributed by atoms with E-state index in [0.717, 1.165) is 25.7 Å². The van der Waals surface area contributed by atoms with Crippen LogP contribution in [0, 0.1) is 5.92 Å². The van der Waals surface area contributed by atoms with Crippen LogP contribution < -0.4 is 0 Å². The third-order valence-electron chi connectivity index (χ3n) is 4.02. The van der Waals surface area contributed by atoms with Crippen molar-refractivity contribution in [3.8, 4) is 0 Å². The molecule has 0 radical (unpaired) electrons. The van der Waals surface area contributed by atoms with Crippen LogP contribution in [0.4, 0.5) is 0 Å². The fourth-order valence-electron chi connectivity index (χ4n) is 2.99. The highest BCUT2D eigenvalue weighted by Gasteiger charge is 2.36. The molecule has 0 saturated carbocycles. The number of rotatable bonds is 4. The molecule has 1 amide bonds. The quantitative estimate of drug-likeness (QED) is 0.740. The van der Waals surface area contributed by atoms with Crippen molar-refractivity contribution >= 4 is 15.7 Å². The largest absolute Gasteiger partial charge is 0.338 e. The number of allylic oxidation sites excluding steroid dienone is 2. The smallest absolute Gasteiger partial charge is 0.226 e. The number of amides is 1. The Balaban J connectivity index is 2.07. The lowest BCUT2D eigenvalue weighted by Crippen LogP contribution is -2.44. The van der Waals surface area contributed by atoms with Gasteiger partial charge in [0.1, 0.15) is 0 Å². The molecular formula is C14H23NO3S. The predicted octanol–water partition coefficient (Wildman–Crippen LogP) is 1.77. The normalized spacial score (nSPS) is 29.3. The molecule has 0 N–H and O–H groups in total. The molecular weight excluding hydrogens is 262 g/mol. The third kappa shape index (κ3) is 3.59. The van der Waals surface area contributed by atoms with Gasteiger partial charge in [0.25, 0.3) is 0 Å². The van der Waals surface area contributed by atoms with E-state index in [1.54, 1.807) is 0 Å². The van der Waals surface area contributed by atoms with Crippen molar-refractivity contribution in [1.29, 1.82) is 0 Å². The van der Waals surface area contributed by atoms with Gasteiger partial charge in [-0.15, -0.1) is 0 Å². The zero-order valence-electron chi connectivity index (χ0n) is 11.5. The molecule has 0 unspecified atom stereocenters. The van der Waals surface area contributed by atoms with Gasteiger partial charge in [-0.05, 0) is 32.1 Å². The van der Waals surface area contributed by atoms with Gasteiger partial charge >= 0.3 is 0 Å². The van der Waals surface area contributed by atoms with Crippen molar-refractivity contribution in [3.63, 3.8) is 0 Å². The Kier molecular flexibility index (Phi) is 4.66. The monoisotopic (exact) mass is 285 g/mol. The van der Waals surface area contributed by atoms with Gasteiger partial charge in [-0.25, -0.2) is 8.42 Å². The molecule has 0 aromatic rings. The molecule has 1 heterocycles. The number of carbonyl (C=O) groups is 1. The van der Waals surface area contributed by atoms with Crippen molar-refractivity contribution in [3.05, 3.63) is 12.2 Å². The van der Waals surface area contributed by atoms with Crippen molar-refractivity contribution < 1.29 is 13.2 Å². The van der Waals surface area contributed by atoms with Gasteiger partial charge in [-0.1, -0.05) is 19.1 Å². The summed E-state index contributed by atoms with van der Waals surface area (Å²) in [5.41, 5.74) is 0. The highest BCUT2D eigenvalue weighted by Crippen LogP contribution is 2.25. The zero-order valence-corrected chi connectivity index (χ0v) is 12.4. The predicted molar refractivity (Wildman–Crippen MR) is 75.5 cm³/mol. The van der Waals surface area contributed by atoms with E-state index in [1.807, 2.05) is 11.8 Å². The minimum Gasteiger partial charge on any atom is -0.338 e. The summed E-state index contributed by atoms with van der Waals surface area (Å²) >= 11 is 0. The summed E-state index contributed by atoms with van der Waals surface area (Å²) in [7, 11) is -2.93. The first-order valence-electron chi connectivity index (χ1n) is 7.19. The first-order valence-corrected chi connectivity index (χ1v) is 9.01. The zero-order chi connectivity index (χ0) is 13.9. The average molecular weight is 285 g/mol. The van der Waals surface area contributed by atoms with E-state index in [4.69, 9.17) is 0 Å². The molecule has 2 atom stereocenters. The number of hydrogen-bond donors (Lipinski definition) is 0. The molecule has 0 spiro atoms. The van der Waals surface area contributed by atoms with E-state index in [2.05, 4.69) is 12.2 Å². The lowest BCUT2D eigenvalue weighted by atomic mass is 9.92. The summed E-state index contributed by atoms with van der Waals surface area (Å²) in [5.74, 6) is 0.602. The maximum Gasteiger partial charge on any atom is 0.226 e. The maximum absolute atomic E-state index is 12.6. The van der Waals surface area contributed by atoms with E-state index >= 15 is 0 Å². The third-order valence-corrected chi connectivity index (χ3v) is 5.77. The van der Waals surface area contributed by atoms with Crippen LogP contribution in [-0.2, 0) is 14.6 Å². The Morgan fingerprint density at radius 2 is 2.11 bits per heavy atom. The molecule has 108 valence electrons. The molecule has 4 nitrogen and oxygen atoms in total. The van der Waals surface area contributed by atoms with Crippen LogP contribution in [0.3, 0.4) is 0 Å². The molecule has 0 aromatic carbocycles. The summed E-state index contributed by atoms with van der Waals surface area (Å²) < 4.78 is 23.2. The van der Waals surface area contributed by atoms with Gasteiger partial charge in [-0.2, -0.15) is 0 Å². The fourth-order valence-corrected chi connectivity index (χ4v) is 4.72. The van der Waals surface area contributed by atoms with Crippen LogP contribution in [0.25, 0.3) is 0 Å². The molecule has 1 aliphatic heterocycles. The van der Waals surface area contributed by atoms with Gasteiger partial charge < -0.3 is 4.90 Å². The molecule has 1 fully saturated rings. The summed E-state index contributed by atoms with van der Waals surface area (Å²) in [4.78, 5) is 14.4. The van der Waals surface area contributed by atoms with Gasteiger partial charge in [0.05, 0.1) is 11.5 Å². The van der Waals surface area contributed by atoms with Crippen molar-refractivity contribution in [1.82, 2.24) is 4.90 Å². The van der Waals surface area contributed by atoms with Crippen LogP contribution in [-0.4, -0.2) is 43.3 Å². The average Bonchev–Trinajstić information content (AvgIpc) is 2.76. The van der Waals surface area contributed by atoms with Gasteiger partial charge in [0.2, 0.25) is 5.91 Å². The highest BCUT2D eigenvalue weighted by molar-refractivity contribution is 7.91. The van der Waals surface area contributed by atoms with E-state index in [-0.39, 0.29) is 29.4 Å². The summed E-state index contributed by atoms with van der Waals surface area (Å²) in [6, 6.07) is -0.0941. The number of carbonyl (C=O) groups excluding carboxylic acids is 1. The summed E-state index contributed by atoms with van der Waals surface area (Å²) in [6.07, 6.45) is 8.34. The van der Waals surface area contributed by atoms with Crippen LogP contribution in [0.2, 0.25) is 0 Å². The lowest BCUT2D eigenvalue weighted by Gasteiger charge is -2.32. The Hall–Kier alpha value is -0.840. The number of nitrogens with zero attached hydrogens (tertiary/aromatic N) is 1. The topological polar surface area (TPSA) is 54.5 Å². The molecule has 0 aromatic heterocycles. The fraction of sp³-hybridized carbons (Fsp3) is 0.786. The van der Waals surface area contributed by atoms with Gasteiger partial charge in [0, 0.05) is 18.5 Å². The second-order valence-electron chi connectivity index (χ2n) is 5.57. The minimum absolute atomic E-state index is 0.0554. The Bertz CT molecular complexity index is 455. The second kappa shape index (κ2) is 6.07. The second-order valence-corrected chi connectivity index (χ2v) is 7.80. The Labute approximate surface area is 115 Å². The van der Waals surface area contributed by atoms with E-state index in [1.165, 1.54) is 0 Å². The van der Waals surface area contributed by atoms with E-state index in [0.29, 0.717) is 13.0 Å². The first kappa shape index (κ1) is 14.6. The van der Waals surface area contributed by atoms with Crippen LogP contribution in [0.1, 0.15) is 39.0 Å². The lowest BCUT2D eigenvalue weighted by molar-refractivity contribution is -0.137. The van der Waals surface area contributed by atoms with Crippen LogP contribution >= 0.6 is 0 Å². The van der Waals surface area contributed by atoms with Gasteiger partial charge in [-0.3, -0.25) is 4.79 Å². The highest BCUT2D eigenvalue weighted by atomic mass is 32.2. The summed E-state index contributed by atoms with van der Waals surface area (Å²) in [5, 5.41) is 0. The van der Waals surface area contributed by atoms with Crippen LogP contribution in [0.15, 0.2) is 12.2 Å². The molecule has 1 saturated heterocycles. The molecule has 0 bridgehead atoms. The van der Waals surface area contributed by atoms with Crippen LogP contribution in [0.5, 0.6) is 0 Å². The number of sulfone groups is 1. The number of hydrogen-bond acceptors (Lipinski definition) is 3. The minimum atomic E-state index is -2.93. The molecule has 2 rings (SSSR count). The van der Waals surface area contributed by atoms with Crippen molar-refractivity contribution in [2.75, 3.05) is 18.1 Å². The SMILES string of the molecule is CCCN(C(=O)[C@@H]1CC=CCC1)[C@@H]1CCS(=O)(=O)C1.